The fraction of sp³-hybridized carbons (Fsp3) is 0.500. The highest BCUT2D eigenvalue weighted by atomic mass is 16.5. The van der Waals surface area contributed by atoms with Gasteiger partial charge in [0.25, 0.3) is 5.56 Å². The maximum absolute atomic E-state index is 12.3. The summed E-state index contributed by atoms with van der Waals surface area (Å²) < 4.78 is 6.40. The van der Waals surface area contributed by atoms with Crippen molar-refractivity contribution in [2.75, 3.05) is 31.7 Å². The zero-order valence-corrected chi connectivity index (χ0v) is 16.2. The van der Waals surface area contributed by atoms with E-state index in [9.17, 15) is 9.59 Å². The van der Waals surface area contributed by atoms with Crippen molar-refractivity contribution in [3.05, 3.63) is 52.7 Å². The Morgan fingerprint density at radius 2 is 2.18 bits per heavy atom. The van der Waals surface area contributed by atoms with Crippen molar-refractivity contribution in [3.63, 3.8) is 0 Å². The topological polar surface area (TPSA) is 89.3 Å². The molecular formula is C20H27N5O3. The largest absolute Gasteiger partial charge is 0.383 e. The lowest BCUT2D eigenvalue weighted by molar-refractivity contribution is -0.122. The van der Waals surface area contributed by atoms with Gasteiger partial charge < -0.3 is 15.0 Å². The number of piperidine rings is 1. The first-order valence-electron chi connectivity index (χ1n) is 9.62. The van der Waals surface area contributed by atoms with Gasteiger partial charge in [-0.1, -0.05) is 0 Å². The van der Waals surface area contributed by atoms with Crippen molar-refractivity contribution in [2.45, 2.75) is 32.4 Å². The summed E-state index contributed by atoms with van der Waals surface area (Å²) in [6.07, 6.45) is 7.66. The van der Waals surface area contributed by atoms with Gasteiger partial charge in [-0.25, -0.2) is 4.68 Å². The number of nitrogens with one attached hydrogen (secondary N) is 1. The Bertz CT molecular complexity index is 824. The molecule has 1 fully saturated rings. The van der Waals surface area contributed by atoms with Crippen LogP contribution in [0.25, 0.3) is 0 Å². The number of amides is 1. The Morgan fingerprint density at radius 1 is 1.36 bits per heavy atom. The predicted molar refractivity (Wildman–Crippen MR) is 106 cm³/mol. The number of nitrogens with zero attached hydrogens (tertiary/aromatic N) is 4. The number of methoxy groups -OCH3 is 1. The van der Waals surface area contributed by atoms with E-state index in [-0.39, 0.29) is 17.4 Å². The van der Waals surface area contributed by atoms with Crippen LogP contribution in [0.5, 0.6) is 0 Å². The third-order valence-corrected chi connectivity index (χ3v) is 4.96. The molecule has 1 amide bonds. The molecule has 28 heavy (non-hydrogen) atoms. The van der Waals surface area contributed by atoms with E-state index in [1.165, 1.54) is 4.68 Å². The van der Waals surface area contributed by atoms with Crippen molar-refractivity contribution < 1.29 is 9.53 Å². The zero-order valence-electron chi connectivity index (χ0n) is 16.2. The lowest BCUT2D eigenvalue weighted by Gasteiger charge is -2.34. The number of anilines is 1. The smallest absolute Gasteiger partial charge is 0.268 e. The van der Waals surface area contributed by atoms with Gasteiger partial charge in [-0.3, -0.25) is 14.6 Å². The molecule has 0 bridgehead atoms. The maximum atomic E-state index is 12.3. The van der Waals surface area contributed by atoms with Gasteiger partial charge in [0.2, 0.25) is 5.91 Å². The highest BCUT2D eigenvalue weighted by molar-refractivity contribution is 5.76. The zero-order chi connectivity index (χ0) is 19.8. The number of hydrogen-bond donors (Lipinski definition) is 1. The van der Waals surface area contributed by atoms with E-state index in [1.54, 1.807) is 31.8 Å². The monoisotopic (exact) mass is 385 g/mol. The van der Waals surface area contributed by atoms with Crippen molar-refractivity contribution in [1.29, 1.82) is 0 Å². The van der Waals surface area contributed by atoms with Crippen molar-refractivity contribution in [3.8, 4) is 0 Å². The van der Waals surface area contributed by atoms with Gasteiger partial charge in [-0.05, 0) is 36.5 Å². The minimum atomic E-state index is -0.133. The fourth-order valence-electron chi connectivity index (χ4n) is 3.44. The van der Waals surface area contributed by atoms with Crippen molar-refractivity contribution >= 4 is 11.6 Å². The van der Waals surface area contributed by atoms with Gasteiger partial charge in [-0.15, -0.1) is 0 Å². The maximum Gasteiger partial charge on any atom is 0.268 e. The van der Waals surface area contributed by atoms with Gasteiger partial charge in [0, 0.05) is 51.6 Å². The highest BCUT2D eigenvalue weighted by Gasteiger charge is 2.23. The highest BCUT2D eigenvalue weighted by Crippen LogP contribution is 2.23. The first kappa shape index (κ1) is 20.0. The van der Waals surface area contributed by atoms with E-state index in [1.807, 2.05) is 12.1 Å². The van der Waals surface area contributed by atoms with E-state index in [4.69, 9.17) is 4.74 Å². The second-order valence-corrected chi connectivity index (χ2v) is 7.06. The number of hydrogen-bond acceptors (Lipinski definition) is 6. The van der Waals surface area contributed by atoms with Crippen LogP contribution in [0.2, 0.25) is 0 Å². The lowest BCUT2D eigenvalue weighted by atomic mass is 9.94. The summed E-state index contributed by atoms with van der Waals surface area (Å²) in [5, 5.41) is 7.21. The molecule has 2 aromatic rings. The minimum Gasteiger partial charge on any atom is -0.383 e. The van der Waals surface area contributed by atoms with Crippen LogP contribution in [-0.2, 0) is 22.6 Å². The average Bonchev–Trinajstić information content (AvgIpc) is 2.72. The number of ether oxygens (including phenoxy) is 1. The van der Waals surface area contributed by atoms with Crippen molar-refractivity contribution in [1.82, 2.24) is 20.1 Å². The molecule has 0 aromatic carbocycles. The molecule has 150 valence electrons. The minimum absolute atomic E-state index is 0.0526. The van der Waals surface area contributed by atoms with E-state index in [0.717, 1.165) is 37.2 Å². The van der Waals surface area contributed by atoms with E-state index >= 15 is 0 Å². The molecule has 3 rings (SSSR count). The summed E-state index contributed by atoms with van der Waals surface area (Å²) in [6, 6.07) is 5.41. The van der Waals surface area contributed by atoms with E-state index in [0.29, 0.717) is 26.1 Å². The van der Waals surface area contributed by atoms with E-state index < -0.39 is 0 Å². The second-order valence-electron chi connectivity index (χ2n) is 7.06. The van der Waals surface area contributed by atoms with Gasteiger partial charge in [-0.2, -0.15) is 5.10 Å². The van der Waals surface area contributed by atoms with Gasteiger partial charge in [0.05, 0.1) is 25.0 Å². The number of rotatable bonds is 8. The van der Waals surface area contributed by atoms with Gasteiger partial charge in [0.15, 0.2) is 0 Å². The molecule has 1 aliphatic rings. The van der Waals surface area contributed by atoms with E-state index in [2.05, 4.69) is 20.3 Å². The van der Waals surface area contributed by atoms with Crippen LogP contribution in [-0.4, -0.2) is 47.5 Å². The number of aromatic nitrogens is 3. The molecule has 1 saturated heterocycles. The Hall–Kier alpha value is -2.74. The summed E-state index contributed by atoms with van der Waals surface area (Å²) in [5.74, 6) is 0.318. The summed E-state index contributed by atoms with van der Waals surface area (Å²) in [7, 11) is 1.60. The van der Waals surface area contributed by atoms with Crippen LogP contribution < -0.4 is 15.8 Å². The molecule has 1 aliphatic heterocycles. The molecule has 3 heterocycles. The Labute approximate surface area is 164 Å². The normalized spacial score (nSPS) is 16.8. The molecule has 1 N–H and O–H groups in total. The molecule has 2 aromatic heterocycles. The molecule has 1 unspecified atom stereocenters. The predicted octanol–water partition coefficient (Wildman–Crippen LogP) is 1.21. The second kappa shape index (κ2) is 9.98. The Kier molecular flexibility index (Phi) is 7.13. The first-order valence-corrected chi connectivity index (χ1v) is 9.62. The van der Waals surface area contributed by atoms with Crippen LogP contribution >= 0.6 is 0 Å². The quantitative estimate of drug-likeness (QED) is 0.735. The van der Waals surface area contributed by atoms with Crippen molar-refractivity contribution in [2.24, 2.45) is 5.92 Å². The molecule has 8 heteroatoms. The lowest BCUT2D eigenvalue weighted by Crippen LogP contribution is -2.39. The first-order chi connectivity index (χ1) is 13.7. The summed E-state index contributed by atoms with van der Waals surface area (Å²) in [5.41, 5.74) is 1.72. The fourth-order valence-corrected chi connectivity index (χ4v) is 3.44. The summed E-state index contributed by atoms with van der Waals surface area (Å²) >= 11 is 0. The third-order valence-electron chi connectivity index (χ3n) is 4.96. The van der Waals surface area contributed by atoms with Crippen LogP contribution in [0.1, 0.15) is 24.8 Å². The Morgan fingerprint density at radius 3 is 2.93 bits per heavy atom. The Balaban J connectivity index is 1.53. The summed E-state index contributed by atoms with van der Waals surface area (Å²) in [6.45, 7) is 3.04. The van der Waals surface area contributed by atoms with Crippen LogP contribution in [0.4, 0.5) is 5.69 Å². The van der Waals surface area contributed by atoms with Gasteiger partial charge in [0.1, 0.15) is 0 Å². The molecule has 8 nitrogen and oxygen atoms in total. The standard InChI is InChI=1S/C20H27N5O3/c1-28-10-9-25-20(27)12-18(14-23-25)24-8-2-3-17(15-24)11-19(26)22-13-16-4-6-21-7-5-16/h4-7,12,14,17H,2-3,8-11,13,15H2,1H3,(H,22,26). The molecular weight excluding hydrogens is 358 g/mol. The molecule has 0 saturated carbocycles. The van der Waals surface area contributed by atoms with Crippen LogP contribution in [0.15, 0.2) is 41.6 Å². The average molecular weight is 385 g/mol. The third kappa shape index (κ3) is 5.63. The summed E-state index contributed by atoms with van der Waals surface area (Å²) in [4.78, 5) is 30.6. The number of carbonyl (C=O) groups is 1. The van der Waals surface area contributed by atoms with Crippen LogP contribution in [0, 0.1) is 5.92 Å². The molecule has 0 radical (unpaired) electrons. The van der Waals surface area contributed by atoms with Gasteiger partial charge >= 0.3 is 0 Å². The molecule has 0 aliphatic carbocycles. The number of pyridine rings is 1. The molecule has 1 atom stereocenters. The van der Waals surface area contributed by atoms with Crippen LogP contribution in [0.3, 0.4) is 0 Å². The SMILES string of the molecule is COCCn1ncc(N2CCCC(CC(=O)NCc3ccncc3)C2)cc1=O. The number of carbonyl (C=O) groups excluding carboxylic acids is 1. The molecule has 0 spiro atoms.